The number of hydrogen-bond donors (Lipinski definition) is 1. The predicted molar refractivity (Wildman–Crippen MR) is 85.1 cm³/mol. The maximum absolute atomic E-state index is 4.43. The highest BCUT2D eigenvalue weighted by Gasteiger charge is 2.20. The van der Waals surface area contributed by atoms with Crippen LogP contribution in [0.1, 0.15) is 26.2 Å². The average molecular weight is 279 g/mol. The highest BCUT2D eigenvalue weighted by Crippen LogP contribution is 2.17. The van der Waals surface area contributed by atoms with E-state index in [2.05, 4.69) is 40.5 Å². The highest BCUT2D eigenvalue weighted by atomic mass is 32.2. The zero-order chi connectivity index (χ0) is 13.5. The van der Waals surface area contributed by atoms with Crippen molar-refractivity contribution in [1.82, 2.24) is 10.3 Å². The molecular weight excluding hydrogens is 254 g/mol. The molecule has 0 radical (unpaired) electrons. The third-order valence-corrected chi connectivity index (χ3v) is 4.39. The van der Waals surface area contributed by atoms with E-state index in [4.69, 9.17) is 0 Å². The molecule has 2 rings (SSSR count). The fourth-order valence-corrected chi connectivity index (χ4v) is 3.19. The smallest absolute Gasteiger partial charge is 0.128 e. The van der Waals surface area contributed by atoms with E-state index in [-0.39, 0.29) is 0 Å². The zero-order valence-corrected chi connectivity index (χ0v) is 12.8. The van der Waals surface area contributed by atoms with Crippen molar-refractivity contribution < 1.29 is 0 Å². The first kappa shape index (κ1) is 14.7. The Morgan fingerprint density at radius 1 is 1.42 bits per heavy atom. The molecule has 1 aromatic rings. The van der Waals surface area contributed by atoms with Gasteiger partial charge in [0.15, 0.2) is 0 Å². The van der Waals surface area contributed by atoms with Gasteiger partial charge >= 0.3 is 0 Å². The van der Waals surface area contributed by atoms with Crippen molar-refractivity contribution in [3.05, 3.63) is 24.4 Å². The van der Waals surface area contributed by atoms with Gasteiger partial charge in [-0.05, 0) is 50.3 Å². The second-order valence-corrected chi connectivity index (χ2v) is 6.28. The number of nitrogens with zero attached hydrogens (tertiary/aromatic N) is 2. The minimum absolute atomic E-state index is 0.638. The first-order chi connectivity index (χ1) is 9.29. The SMILES string of the molecule is CSCCC(C)NC1CCN(c2ccccn2)CC1. The second kappa shape index (κ2) is 7.75. The van der Waals surface area contributed by atoms with Crippen LogP contribution in [0.4, 0.5) is 5.82 Å². The van der Waals surface area contributed by atoms with Crippen LogP contribution in [-0.4, -0.2) is 42.2 Å². The summed E-state index contributed by atoms with van der Waals surface area (Å²) >= 11 is 1.93. The summed E-state index contributed by atoms with van der Waals surface area (Å²) in [4.78, 5) is 6.83. The van der Waals surface area contributed by atoms with Crippen molar-refractivity contribution in [2.45, 2.75) is 38.3 Å². The molecule has 1 aliphatic heterocycles. The van der Waals surface area contributed by atoms with Gasteiger partial charge < -0.3 is 10.2 Å². The maximum atomic E-state index is 4.43. The van der Waals surface area contributed by atoms with Gasteiger partial charge in [-0.1, -0.05) is 6.07 Å². The van der Waals surface area contributed by atoms with E-state index in [1.165, 1.54) is 25.0 Å². The molecule has 1 unspecified atom stereocenters. The van der Waals surface area contributed by atoms with Crippen molar-refractivity contribution in [3.63, 3.8) is 0 Å². The molecule has 3 nitrogen and oxygen atoms in total. The van der Waals surface area contributed by atoms with E-state index < -0.39 is 0 Å². The van der Waals surface area contributed by atoms with Crippen LogP contribution in [0.3, 0.4) is 0 Å². The lowest BCUT2D eigenvalue weighted by atomic mass is 10.0. The summed E-state index contributed by atoms with van der Waals surface area (Å²) in [6, 6.07) is 7.47. The van der Waals surface area contributed by atoms with Crippen molar-refractivity contribution >= 4 is 17.6 Å². The minimum Gasteiger partial charge on any atom is -0.357 e. The topological polar surface area (TPSA) is 28.2 Å². The lowest BCUT2D eigenvalue weighted by Crippen LogP contribution is -2.45. The minimum atomic E-state index is 0.638. The largest absolute Gasteiger partial charge is 0.357 e. The normalized spacial score (nSPS) is 18.5. The van der Waals surface area contributed by atoms with Crippen LogP contribution in [0.15, 0.2) is 24.4 Å². The number of thioether (sulfide) groups is 1. The predicted octanol–water partition coefficient (Wildman–Crippen LogP) is 2.78. The molecule has 1 aliphatic rings. The highest BCUT2D eigenvalue weighted by molar-refractivity contribution is 7.98. The van der Waals surface area contributed by atoms with Gasteiger partial charge in [0, 0.05) is 31.4 Å². The van der Waals surface area contributed by atoms with E-state index in [9.17, 15) is 0 Å². The van der Waals surface area contributed by atoms with Gasteiger partial charge in [0.2, 0.25) is 0 Å². The Bertz CT molecular complexity index is 350. The lowest BCUT2D eigenvalue weighted by molar-refractivity contribution is 0.372. The van der Waals surface area contributed by atoms with Gasteiger partial charge in [-0.25, -0.2) is 4.98 Å². The van der Waals surface area contributed by atoms with Gasteiger partial charge in [-0.2, -0.15) is 11.8 Å². The number of nitrogens with one attached hydrogen (secondary N) is 1. The van der Waals surface area contributed by atoms with Gasteiger partial charge in [0.05, 0.1) is 0 Å². The molecule has 1 aromatic heterocycles. The third-order valence-electron chi connectivity index (χ3n) is 3.74. The van der Waals surface area contributed by atoms with E-state index in [0.717, 1.165) is 18.9 Å². The molecule has 1 atom stereocenters. The monoisotopic (exact) mass is 279 g/mol. The number of aromatic nitrogens is 1. The number of pyridine rings is 1. The quantitative estimate of drug-likeness (QED) is 0.867. The molecule has 1 N–H and O–H groups in total. The molecule has 0 amide bonds. The zero-order valence-electron chi connectivity index (χ0n) is 12.0. The van der Waals surface area contributed by atoms with Crippen molar-refractivity contribution in [2.24, 2.45) is 0 Å². The Kier molecular flexibility index (Phi) is 5.98. The summed E-state index contributed by atoms with van der Waals surface area (Å²) in [5.41, 5.74) is 0. The molecule has 0 aliphatic carbocycles. The Hall–Kier alpha value is -0.740. The Balaban J connectivity index is 1.73. The van der Waals surface area contributed by atoms with Crippen molar-refractivity contribution in [1.29, 1.82) is 0 Å². The Morgan fingerprint density at radius 3 is 2.84 bits per heavy atom. The van der Waals surface area contributed by atoms with E-state index in [0.29, 0.717) is 12.1 Å². The summed E-state index contributed by atoms with van der Waals surface area (Å²) < 4.78 is 0. The molecule has 0 bridgehead atoms. The van der Waals surface area contributed by atoms with Crippen LogP contribution in [0.5, 0.6) is 0 Å². The molecule has 106 valence electrons. The van der Waals surface area contributed by atoms with Crippen LogP contribution in [0.25, 0.3) is 0 Å². The molecule has 0 aromatic carbocycles. The Labute approximate surface area is 121 Å². The fourth-order valence-electron chi connectivity index (χ4n) is 2.60. The molecule has 4 heteroatoms. The van der Waals surface area contributed by atoms with Crippen LogP contribution in [-0.2, 0) is 0 Å². The number of anilines is 1. The summed E-state index contributed by atoms with van der Waals surface area (Å²) in [7, 11) is 0. The van der Waals surface area contributed by atoms with Crippen LogP contribution < -0.4 is 10.2 Å². The first-order valence-corrected chi connectivity index (χ1v) is 8.60. The number of hydrogen-bond acceptors (Lipinski definition) is 4. The summed E-state index contributed by atoms with van der Waals surface area (Å²) in [5, 5.41) is 3.77. The van der Waals surface area contributed by atoms with Gasteiger partial charge in [0.25, 0.3) is 0 Å². The lowest BCUT2D eigenvalue weighted by Gasteiger charge is -2.34. The fraction of sp³-hybridized carbons (Fsp3) is 0.667. The van der Waals surface area contributed by atoms with Gasteiger partial charge in [-0.3, -0.25) is 0 Å². The van der Waals surface area contributed by atoms with Crippen LogP contribution >= 0.6 is 11.8 Å². The molecule has 19 heavy (non-hydrogen) atoms. The summed E-state index contributed by atoms with van der Waals surface area (Å²) in [6.45, 7) is 4.54. The molecule has 1 fully saturated rings. The number of rotatable bonds is 6. The van der Waals surface area contributed by atoms with Crippen LogP contribution in [0.2, 0.25) is 0 Å². The third kappa shape index (κ3) is 4.69. The summed E-state index contributed by atoms with van der Waals surface area (Å²) in [5.74, 6) is 2.37. The van der Waals surface area contributed by atoms with E-state index >= 15 is 0 Å². The molecular formula is C15H25N3S. The molecule has 0 spiro atoms. The van der Waals surface area contributed by atoms with E-state index in [1.807, 2.05) is 24.0 Å². The van der Waals surface area contributed by atoms with Gasteiger partial charge in [-0.15, -0.1) is 0 Å². The standard InChI is InChI=1S/C15H25N3S/c1-13(8-12-19-2)17-14-6-10-18(11-7-14)15-5-3-4-9-16-15/h3-5,9,13-14,17H,6-8,10-12H2,1-2H3. The first-order valence-electron chi connectivity index (χ1n) is 7.20. The average Bonchev–Trinajstić information content (AvgIpc) is 2.47. The second-order valence-electron chi connectivity index (χ2n) is 5.30. The van der Waals surface area contributed by atoms with Crippen molar-refractivity contribution in [3.8, 4) is 0 Å². The van der Waals surface area contributed by atoms with Crippen LogP contribution in [0, 0.1) is 0 Å². The van der Waals surface area contributed by atoms with Gasteiger partial charge in [0.1, 0.15) is 5.82 Å². The molecule has 0 saturated carbocycles. The number of piperidine rings is 1. The molecule has 1 saturated heterocycles. The maximum Gasteiger partial charge on any atom is 0.128 e. The van der Waals surface area contributed by atoms with Crippen molar-refractivity contribution in [2.75, 3.05) is 30.0 Å². The summed E-state index contributed by atoms with van der Waals surface area (Å²) in [6.07, 6.45) is 7.77. The van der Waals surface area contributed by atoms with E-state index in [1.54, 1.807) is 0 Å². The Morgan fingerprint density at radius 2 is 2.21 bits per heavy atom. The molecule has 2 heterocycles.